The average Bonchev–Trinajstić information content (AvgIpc) is 2.89. The molecule has 0 fully saturated rings. The Bertz CT molecular complexity index is 528. The summed E-state index contributed by atoms with van der Waals surface area (Å²) < 4.78 is 12.9. The molecule has 0 saturated carbocycles. The van der Waals surface area contributed by atoms with E-state index in [4.69, 9.17) is 5.73 Å². The highest BCUT2D eigenvalue weighted by Gasteiger charge is 2.15. The Morgan fingerprint density at radius 1 is 1.39 bits per heavy atom. The fourth-order valence-corrected chi connectivity index (χ4v) is 2.27. The molecule has 1 aromatic heterocycles. The molecule has 1 heterocycles. The first-order valence-corrected chi connectivity index (χ1v) is 6.36. The predicted molar refractivity (Wildman–Crippen MR) is 69.5 cm³/mol. The number of hydrogen-bond acceptors (Lipinski definition) is 3. The summed E-state index contributed by atoms with van der Waals surface area (Å²) in [5, 5.41) is 4.56. The maximum Gasteiger partial charge on any atom is 0.242 e. The van der Waals surface area contributed by atoms with Gasteiger partial charge < -0.3 is 11.1 Å². The minimum absolute atomic E-state index is 0.262. The number of thiophene rings is 1. The highest BCUT2D eigenvalue weighted by molar-refractivity contribution is 7.10. The average molecular weight is 264 g/mol. The first-order valence-electron chi connectivity index (χ1n) is 5.48. The van der Waals surface area contributed by atoms with Crippen LogP contribution in [-0.2, 0) is 11.3 Å². The molecule has 1 amide bonds. The van der Waals surface area contributed by atoms with Gasteiger partial charge in [-0.05, 0) is 29.1 Å². The van der Waals surface area contributed by atoms with E-state index in [0.29, 0.717) is 5.56 Å². The second kappa shape index (κ2) is 5.75. The SMILES string of the molecule is NC(C(=O)NCc1cccc(F)c1)c1cccs1. The maximum absolute atomic E-state index is 12.9. The lowest BCUT2D eigenvalue weighted by molar-refractivity contribution is -0.122. The molecule has 1 atom stereocenters. The highest BCUT2D eigenvalue weighted by Crippen LogP contribution is 2.16. The summed E-state index contributed by atoms with van der Waals surface area (Å²) in [6.45, 7) is 0.273. The Morgan fingerprint density at radius 3 is 2.89 bits per heavy atom. The van der Waals surface area contributed by atoms with Gasteiger partial charge in [0.05, 0.1) is 0 Å². The van der Waals surface area contributed by atoms with E-state index >= 15 is 0 Å². The van der Waals surface area contributed by atoms with E-state index in [0.717, 1.165) is 4.88 Å². The van der Waals surface area contributed by atoms with Crippen molar-refractivity contribution in [2.24, 2.45) is 5.73 Å². The molecule has 0 bridgehead atoms. The Hall–Kier alpha value is -1.72. The van der Waals surface area contributed by atoms with Crippen LogP contribution in [0.15, 0.2) is 41.8 Å². The largest absolute Gasteiger partial charge is 0.350 e. The minimum atomic E-state index is -0.668. The van der Waals surface area contributed by atoms with Gasteiger partial charge >= 0.3 is 0 Å². The lowest BCUT2D eigenvalue weighted by Gasteiger charge is -2.10. The molecule has 0 aliphatic carbocycles. The summed E-state index contributed by atoms with van der Waals surface area (Å²) in [7, 11) is 0. The zero-order chi connectivity index (χ0) is 13.0. The molecule has 0 spiro atoms. The number of carbonyl (C=O) groups excluding carboxylic acids is 1. The molecule has 18 heavy (non-hydrogen) atoms. The van der Waals surface area contributed by atoms with E-state index in [1.165, 1.54) is 23.5 Å². The summed E-state index contributed by atoms with van der Waals surface area (Å²) >= 11 is 1.44. The van der Waals surface area contributed by atoms with Gasteiger partial charge in [-0.25, -0.2) is 4.39 Å². The Kier molecular flexibility index (Phi) is 4.07. The minimum Gasteiger partial charge on any atom is -0.350 e. The third-order valence-corrected chi connectivity index (χ3v) is 3.44. The monoisotopic (exact) mass is 264 g/mol. The van der Waals surface area contributed by atoms with Gasteiger partial charge in [0.2, 0.25) is 5.91 Å². The number of nitrogens with two attached hydrogens (primary N) is 1. The molecule has 2 aromatic rings. The van der Waals surface area contributed by atoms with Crippen LogP contribution in [0.2, 0.25) is 0 Å². The summed E-state index contributed by atoms with van der Waals surface area (Å²) in [5.74, 6) is -0.578. The fourth-order valence-electron chi connectivity index (χ4n) is 1.54. The maximum atomic E-state index is 12.9. The Morgan fingerprint density at radius 2 is 2.22 bits per heavy atom. The molecule has 0 aliphatic heterocycles. The van der Waals surface area contributed by atoms with Gasteiger partial charge in [-0.2, -0.15) is 0 Å². The van der Waals surface area contributed by atoms with Crippen molar-refractivity contribution in [1.82, 2.24) is 5.32 Å². The van der Waals surface area contributed by atoms with Crippen LogP contribution in [0.5, 0.6) is 0 Å². The molecule has 3 nitrogen and oxygen atoms in total. The van der Waals surface area contributed by atoms with E-state index in [-0.39, 0.29) is 18.3 Å². The van der Waals surface area contributed by atoms with E-state index in [1.807, 2.05) is 17.5 Å². The molecular formula is C13H13FN2OS. The van der Waals surface area contributed by atoms with Crippen LogP contribution in [0, 0.1) is 5.82 Å². The molecule has 5 heteroatoms. The standard InChI is InChI=1S/C13H13FN2OS/c14-10-4-1-3-9(7-10)8-16-13(17)12(15)11-5-2-6-18-11/h1-7,12H,8,15H2,(H,16,17). The molecule has 0 aliphatic rings. The molecule has 2 rings (SSSR count). The Labute approximate surface area is 108 Å². The van der Waals surface area contributed by atoms with Gasteiger partial charge in [0, 0.05) is 11.4 Å². The van der Waals surface area contributed by atoms with Crippen molar-refractivity contribution in [3.8, 4) is 0 Å². The van der Waals surface area contributed by atoms with Crippen molar-refractivity contribution in [3.05, 3.63) is 58.0 Å². The van der Waals surface area contributed by atoms with Crippen molar-refractivity contribution in [2.45, 2.75) is 12.6 Å². The zero-order valence-electron chi connectivity index (χ0n) is 9.60. The van der Waals surface area contributed by atoms with Crippen LogP contribution in [0.3, 0.4) is 0 Å². The van der Waals surface area contributed by atoms with Crippen LogP contribution in [0.4, 0.5) is 4.39 Å². The Balaban J connectivity index is 1.92. The van der Waals surface area contributed by atoms with Crippen molar-refractivity contribution in [3.63, 3.8) is 0 Å². The second-order valence-corrected chi connectivity index (χ2v) is 4.82. The number of amides is 1. The van der Waals surface area contributed by atoms with Gasteiger partial charge in [-0.15, -0.1) is 11.3 Å². The number of halogens is 1. The van der Waals surface area contributed by atoms with E-state index in [9.17, 15) is 9.18 Å². The normalized spacial score (nSPS) is 12.1. The van der Waals surface area contributed by atoms with Crippen LogP contribution in [0.1, 0.15) is 16.5 Å². The summed E-state index contributed by atoms with van der Waals surface area (Å²) in [6.07, 6.45) is 0. The molecule has 94 valence electrons. The van der Waals surface area contributed by atoms with Gasteiger partial charge in [0.25, 0.3) is 0 Å². The molecule has 1 unspecified atom stereocenters. The van der Waals surface area contributed by atoms with E-state index in [2.05, 4.69) is 5.32 Å². The van der Waals surface area contributed by atoms with Gasteiger partial charge in [0.15, 0.2) is 0 Å². The lowest BCUT2D eigenvalue weighted by Crippen LogP contribution is -2.33. The third-order valence-electron chi connectivity index (χ3n) is 2.49. The van der Waals surface area contributed by atoms with E-state index in [1.54, 1.807) is 12.1 Å². The molecular weight excluding hydrogens is 251 g/mol. The fraction of sp³-hybridized carbons (Fsp3) is 0.154. The molecule has 0 saturated heterocycles. The molecule has 1 aromatic carbocycles. The van der Waals surface area contributed by atoms with Crippen LogP contribution < -0.4 is 11.1 Å². The first kappa shape index (κ1) is 12.7. The van der Waals surface area contributed by atoms with Crippen LogP contribution in [-0.4, -0.2) is 5.91 Å². The first-order chi connectivity index (χ1) is 8.66. The summed E-state index contributed by atoms with van der Waals surface area (Å²) in [4.78, 5) is 12.6. The van der Waals surface area contributed by atoms with Crippen LogP contribution in [0.25, 0.3) is 0 Å². The van der Waals surface area contributed by atoms with Gasteiger partial charge in [-0.1, -0.05) is 18.2 Å². The smallest absolute Gasteiger partial charge is 0.242 e. The molecule has 0 radical (unpaired) electrons. The third kappa shape index (κ3) is 3.15. The van der Waals surface area contributed by atoms with Crippen molar-refractivity contribution < 1.29 is 9.18 Å². The van der Waals surface area contributed by atoms with Crippen molar-refractivity contribution in [1.29, 1.82) is 0 Å². The number of benzene rings is 1. The number of nitrogens with one attached hydrogen (secondary N) is 1. The predicted octanol–water partition coefficient (Wildman–Crippen LogP) is 2.20. The van der Waals surface area contributed by atoms with Crippen molar-refractivity contribution >= 4 is 17.2 Å². The highest BCUT2D eigenvalue weighted by atomic mass is 32.1. The van der Waals surface area contributed by atoms with Crippen LogP contribution >= 0.6 is 11.3 Å². The zero-order valence-corrected chi connectivity index (χ0v) is 10.4. The number of rotatable bonds is 4. The van der Waals surface area contributed by atoms with Gasteiger partial charge in [0.1, 0.15) is 11.9 Å². The topological polar surface area (TPSA) is 55.1 Å². The summed E-state index contributed by atoms with van der Waals surface area (Å²) in [6, 6.07) is 9.10. The van der Waals surface area contributed by atoms with Gasteiger partial charge in [-0.3, -0.25) is 4.79 Å². The number of hydrogen-bond donors (Lipinski definition) is 2. The summed E-state index contributed by atoms with van der Waals surface area (Å²) in [5.41, 5.74) is 6.51. The lowest BCUT2D eigenvalue weighted by atomic mass is 10.2. The number of carbonyl (C=O) groups is 1. The quantitative estimate of drug-likeness (QED) is 0.889. The van der Waals surface area contributed by atoms with E-state index < -0.39 is 6.04 Å². The second-order valence-electron chi connectivity index (χ2n) is 3.84. The molecule has 3 N–H and O–H groups in total. The van der Waals surface area contributed by atoms with Crippen molar-refractivity contribution in [2.75, 3.05) is 0 Å².